The lowest BCUT2D eigenvalue weighted by Gasteiger charge is -2.34. The third-order valence-corrected chi connectivity index (χ3v) is 7.30. The van der Waals surface area contributed by atoms with Gasteiger partial charge in [-0.25, -0.2) is 4.98 Å². The number of methoxy groups -OCH3 is 1. The van der Waals surface area contributed by atoms with Gasteiger partial charge in [-0.2, -0.15) is 10.1 Å². The lowest BCUT2D eigenvalue weighted by molar-refractivity contribution is -0.132. The van der Waals surface area contributed by atoms with Crippen LogP contribution in [0.25, 0.3) is 11.0 Å². The molecule has 4 rings (SSSR count). The van der Waals surface area contributed by atoms with E-state index in [1.165, 1.54) is 0 Å². The molecule has 0 bridgehead atoms. The Bertz CT molecular complexity index is 1270. The number of nitrogen functional groups attached to an aromatic ring is 1. The molecule has 1 aliphatic rings. The lowest BCUT2D eigenvalue weighted by atomic mass is 10.0. The van der Waals surface area contributed by atoms with Crippen LogP contribution in [0.5, 0.6) is 5.75 Å². The molecule has 1 saturated heterocycles. The molecule has 3 aromatic rings. The van der Waals surface area contributed by atoms with Crippen molar-refractivity contribution < 1.29 is 14.6 Å². The van der Waals surface area contributed by atoms with Crippen LogP contribution >= 0.6 is 0 Å². The van der Waals surface area contributed by atoms with E-state index in [0.29, 0.717) is 43.8 Å². The smallest absolute Gasteiger partial charge is 0.223 e. The molecule has 3 heterocycles. The van der Waals surface area contributed by atoms with Crippen LogP contribution in [0.15, 0.2) is 24.4 Å². The Morgan fingerprint density at radius 2 is 2.15 bits per heavy atom. The number of nitrogens with two attached hydrogens (primary N) is 1. The van der Waals surface area contributed by atoms with Crippen molar-refractivity contribution in [3.05, 3.63) is 35.5 Å². The zero-order valence-electron chi connectivity index (χ0n) is 24.1. The largest absolute Gasteiger partial charge is 0.496 e. The van der Waals surface area contributed by atoms with E-state index in [2.05, 4.69) is 38.7 Å². The third-order valence-electron chi connectivity index (χ3n) is 7.30. The van der Waals surface area contributed by atoms with E-state index in [-0.39, 0.29) is 30.5 Å². The Hall–Kier alpha value is -3.48. The second-order valence-electron chi connectivity index (χ2n) is 10.6. The summed E-state index contributed by atoms with van der Waals surface area (Å²) in [4.78, 5) is 25.6. The van der Waals surface area contributed by atoms with Crippen molar-refractivity contribution in [2.75, 3.05) is 65.0 Å². The number of benzene rings is 1. The maximum absolute atomic E-state index is 12.7. The van der Waals surface area contributed by atoms with Crippen LogP contribution in [0, 0.1) is 0 Å². The number of hydrogen-bond donors (Lipinski definition) is 4. The number of anilines is 2. The van der Waals surface area contributed by atoms with Crippen LogP contribution in [0.4, 0.5) is 11.8 Å². The molecule has 5 N–H and O–H groups in total. The van der Waals surface area contributed by atoms with Crippen molar-refractivity contribution in [3.8, 4) is 5.75 Å². The number of amides is 1. The number of aromatic nitrogens is 4. The van der Waals surface area contributed by atoms with Gasteiger partial charge in [0, 0.05) is 50.8 Å². The van der Waals surface area contributed by atoms with Gasteiger partial charge in [0.15, 0.2) is 5.82 Å². The number of carbonyl (C=O) groups excluding carboxylic acids is 1. The molecule has 0 spiro atoms. The number of fused-ring (bicyclic) bond motifs is 1. The molecule has 1 fully saturated rings. The average molecular weight is 554 g/mol. The molecule has 1 aliphatic heterocycles. The fraction of sp³-hybridized carbons (Fsp3) is 0.571. The Morgan fingerprint density at radius 1 is 1.32 bits per heavy atom. The Morgan fingerprint density at radius 3 is 2.88 bits per heavy atom. The first kappa shape index (κ1) is 29.5. The number of carbonyl (C=O) groups is 1. The minimum Gasteiger partial charge on any atom is -0.496 e. The standard InChI is InChI=1S/C28H43N9O3/c1-5-6-21(10-14-38)32-27-26-22(33-28(29)34-27)16-31-37(26)17-20-8-7-19(15-24(20)40-4)23-18-36(13-11-30-23)25(39)9-12-35(2)3/h7-8,15-16,21,23,30,38H,5-6,9-14,17-18H2,1-4H3,(H3,29,32,33,34). The molecule has 1 aromatic carbocycles. The fourth-order valence-corrected chi connectivity index (χ4v) is 5.17. The van der Waals surface area contributed by atoms with Crippen molar-refractivity contribution in [2.24, 2.45) is 0 Å². The van der Waals surface area contributed by atoms with Gasteiger partial charge in [0.2, 0.25) is 11.9 Å². The number of aliphatic hydroxyl groups is 1. The topological polar surface area (TPSA) is 147 Å². The second-order valence-corrected chi connectivity index (χ2v) is 10.6. The van der Waals surface area contributed by atoms with Gasteiger partial charge >= 0.3 is 0 Å². The second kappa shape index (κ2) is 13.7. The van der Waals surface area contributed by atoms with E-state index < -0.39 is 0 Å². The Balaban J connectivity index is 1.55. The summed E-state index contributed by atoms with van der Waals surface area (Å²) in [6, 6.07) is 6.26. The molecule has 2 atom stereocenters. The number of aliphatic hydroxyl groups excluding tert-OH is 1. The highest BCUT2D eigenvalue weighted by atomic mass is 16.5. The van der Waals surface area contributed by atoms with Gasteiger partial charge in [-0.05, 0) is 38.6 Å². The van der Waals surface area contributed by atoms with Crippen LogP contribution in [-0.2, 0) is 11.3 Å². The number of ether oxygens (including phenoxy) is 1. The van der Waals surface area contributed by atoms with Crippen molar-refractivity contribution in [1.29, 1.82) is 0 Å². The number of piperazine rings is 1. The summed E-state index contributed by atoms with van der Waals surface area (Å²) in [5, 5.41) is 21.1. The van der Waals surface area contributed by atoms with E-state index in [4.69, 9.17) is 10.5 Å². The Labute approximate surface area is 235 Å². The van der Waals surface area contributed by atoms with Crippen molar-refractivity contribution in [2.45, 2.75) is 51.2 Å². The third kappa shape index (κ3) is 7.18. The Kier molecular flexibility index (Phi) is 10.1. The van der Waals surface area contributed by atoms with E-state index in [0.717, 1.165) is 48.3 Å². The molecule has 2 unspecified atom stereocenters. The zero-order chi connectivity index (χ0) is 28.6. The monoisotopic (exact) mass is 553 g/mol. The van der Waals surface area contributed by atoms with E-state index in [9.17, 15) is 9.90 Å². The van der Waals surface area contributed by atoms with Crippen molar-refractivity contribution >= 4 is 28.7 Å². The van der Waals surface area contributed by atoms with Gasteiger partial charge in [-0.15, -0.1) is 0 Å². The van der Waals surface area contributed by atoms with E-state index in [1.807, 2.05) is 40.7 Å². The average Bonchev–Trinajstić information content (AvgIpc) is 3.34. The number of nitrogens with one attached hydrogen (secondary N) is 2. The van der Waals surface area contributed by atoms with Crippen LogP contribution in [0.3, 0.4) is 0 Å². The summed E-state index contributed by atoms with van der Waals surface area (Å²) < 4.78 is 7.65. The summed E-state index contributed by atoms with van der Waals surface area (Å²) >= 11 is 0. The quantitative estimate of drug-likeness (QED) is 0.247. The maximum Gasteiger partial charge on any atom is 0.223 e. The van der Waals surface area contributed by atoms with Crippen LogP contribution in [0.1, 0.15) is 49.8 Å². The van der Waals surface area contributed by atoms with E-state index >= 15 is 0 Å². The van der Waals surface area contributed by atoms with Crippen molar-refractivity contribution in [1.82, 2.24) is 34.9 Å². The first-order chi connectivity index (χ1) is 19.3. The molecule has 0 aliphatic carbocycles. The molecule has 12 nitrogen and oxygen atoms in total. The SMILES string of the molecule is CCCC(CCO)Nc1nc(N)nc2cnn(Cc3ccc(C4CN(C(=O)CCN(C)C)CCN4)cc3OC)c12. The first-order valence-corrected chi connectivity index (χ1v) is 14.0. The molecule has 218 valence electrons. The minimum atomic E-state index is 0.0275. The summed E-state index contributed by atoms with van der Waals surface area (Å²) in [6.45, 7) is 5.47. The predicted octanol–water partition coefficient (Wildman–Crippen LogP) is 1.85. The summed E-state index contributed by atoms with van der Waals surface area (Å²) in [5.41, 5.74) is 9.42. The van der Waals surface area contributed by atoms with Crippen LogP contribution < -0.4 is 21.1 Å². The summed E-state index contributed by atoms with van der Waals surface area (Å²) in [6.07, 6.45) is 4.68. The van der Waals surface area contributed by atoms with Crippen LogP contribution in [0.2, 0.25) is 0 Å². The molecule has 0 radical (unpaired) electrons. The molecule has 12 heteroatoms. The van der Waals surface area contributed by atoms with Crippen molar-refractivity contribution in [3.63, 3.8) is 0 Å². The lowest BCUT2D eigenvalue weighted by Crippen LogP contribution is -2.48. The highest BCUT2D eigenvalue weighted by Gasteiger charge is 2.25. The molecular weight excluding hydrogens is 510 g/mol. The summed E-state index contributed by atoms with van der Waals surface area (Å²) in [5.74, 6) is 1.70. The normalized spacial score (nSPS) is 16.4. The first-order valence-electron chi connectivity index (χ1n) is 14.0. The predicted molar refractivity (Wildman–Crippen MR) is 156 cm³/mol. The fourth-order valence-electron chi connectivity index (χ4n) is 5.17. The maximum atomic E-state index is 12.7. The van der Waals surface area contributed by atoms with Gasteiger partial charge in [-0.3, -0.25) is 9.48 Å². The highest BCUT2D eigenvalue weighted by Crippen LogP contribution is 2.29. The van der Waals surface area contributed by atoms with Gasteiger partial charge in [0.05, 0.1) is 25.9 Å². The molecule has 40 heavy (non-hydrogen) atoms. The van der Waals surface area contributed by atoms with Crippen LogP contribution in [-0.4, -0.2) is 101 Å². The van der Waals surface area contributed by atoms with Gasteiger partial charge in [0.25, 0.3) is 0 Å². The number of rotatable bonds is 13. The molecule has 1 amide bonds. The number of hydrogen-bond acceptors (Lipinski definition) is 10. The minimum absolute atomic E-state index is 0.0275. The molecule has 2 aromatic heterocycles. The van der Waals surface area contributed by atoms with Gasteiger partial charge in [-0.1, -0.05) is 25.5 Å². The highest BCUT2D eigenvalue weighted by molar-refractivity contribution is 5.86. The van der Waals surface area contributed by atoms with E-state index in [1.54, 1.807) is 13.3 Å². The molecular formula is C28H43N9O3. The summed E-state index contributed by atoms with van der Waals surface area (Å²) in [7, 11) is 5.62. The molecule has 0 saturated carbocycles. The van der Waals surface area contributed by atoms with Gasteiger partial charge in [0.1, 0.15) is 16.8 Å². The van der Waals surface area contributed by atoms with Gasteiger partial charge < -0.3 is 36.0 Å². The zero-order valence-corrected chi connectivity index (χ0v) is 24.1. The number of nitrogens with zero attached hydrogens (tertiary/aromatic N) is 6.